The zero-order valence-electron chi connectivity index (χ0n) is 16.6. The quantitative estimate of drug-likeness (QED) is 0.602. The molecule has 0 aromatic heterocycles. The fourth-order valence-corrected chi connectivity index (χ4v) is 3.81. The van der Waals surface area contributed by atoms with Crippen molar-refractivity contribution < 1.29 is 14.6 Å². The number of hydrogen-bond acceptors (Lipinski definition) is 5. The second kappa shape index (κ2) is 9.96. The number of nitrogens with zero attached hydrogens (tertiary/aromatic N) is 1. The minimum atomic E-state index is -0.477. The number of halogens is 1. The number of anilines is 1. The maximum absolute atomic E-state index is 12.6. The highest BCUT2D eigenvalue weighted by Gasteiger charge is 2.23. The number of nitrogens with two attached hydrogens (primary N) is 1. The molecule has 3 rings (SSSR count). The molecule has 4 N–H and O–H groups in total. The van der Waals surface area contributed by atoms with Crippen LogP contribution in [0.15, 0.2) is 42.5 Å². The Hall–Kier alpha value is -2.28. The molecule has 0 bridgehead atoms. The SMILES string of the molecule is COc1cc(N)c(Cl)cc1C(=O)NCC1CCN(CC(O)c2ccccc2)CC1. The molecule has 7 heteroatoms. The van der Waals surface area contributed by atoms with Gasteiger partial charge in [-0.3, -0.25) is 4.79 Å². The minimum Gasteiger partial charge on any atom is -0.496 e. The zero-order chi connectivity index (χ0) is 20.8. The van der Waals surface area contributed by atoms with E-state index < -0.39 is 6.10 Å². The summed E-state index contributed by atoms with van der Waals surface area (Å²) in [5, 5.41) is 13.7. The summed E-state index contributed by atoms with van der Waals surface area (Å²) >= 11 is 6.05. The molecule has 0 saturated carbocycles. The fourth-order valence-electron chi connectivity index (χ4n) is 3.65. The number of nitrogen functional groups attached to an aromatic ring is 1. The molecule has 2 aromatic rings. The molecule has 1 amide bonds. The lowest BCUT2D eigenvalue weighted by atomic mass is 9.96. The van der Waals surface area contributed by atoms with E-state index in [4.69, 9.17) is 22.1 Å². The number of carbonyl (C=O) groups excluding carboxylic acids is 1. The lowest BCUT2D eigenvalue weighted by Crippen LogP contribution is -2.40. The van der Waals surface area contributed by atoms with Crippen molar-refractivity contribution in [1.29, 1.82) is 0 Å². The number of β-amino-alcohol motifs (C(OH)–C–C–N with tert-alkyl or cyclic N) is 1. The second-order valence-corrected chi connectivity index (χ2v) is 7.86. The summed E-state index contributed by atoms with van der Waals surface area (Å²) in [6.07, 6.45) is 1.47. The van der Waals surface area contributed by atoms with Crippen molar-refractivity contribution in [2.24, 2.45) is 5.92 Å². The van der Waals surface area contributed by atoms with Gasteiger partial charge in [0.1, 0.15) is 5.75 Å². The Balaban J connectivity index is 1.46. The third kappa shape index (κ3) is 5.63. The molecule has 156 valence electrons. The van der Waals surface area contributed by atoms with Crippen LogP contribution in [0, 0.1) is 5.92 Å². The standard InChI is InChI=1S/C22H28ClN3O3/c1-29-21-12-19(24)18(23)11-17(21)22(28)25-13-15-7-9-26(10-8-15)14-20(27)16-5-3-2-4-6-16/h2-6,11-12,15,20,27H,7-10,13-14,24H2,1H3,(H,25,28). The number of aliphatic hydroxyl groups is 1. The predicted molar refractivity (Wildman–Crippen MR) is 115 cm³/mol. The van der Waals surface area contributed by atoms with Crippen LogP contribution in [0.25, 0.3) is 0 Å². The maximum atomic E-state index is 12.6. The number of piperidine rings is 1. The van der Waals surface area contributed by atoms with Gasteiger partial charge >= 0.3 is 0 Å². The average molecular weight is 418 g/mol. The molecule has 1 saturated heterocycles. The van der Waals surface area contributed by atoms with Gasteiger partial charge in [-0.05, 0) is 43.5 Å². The Labute approximate surface area is 176 Å². The fraction of sp³-hybridized carbons (Fsp3) is 0.409. The van der Waals surface area contributed by atoms with E-state index in [0.29, 0.717) is 41.0 Å². The van der Waals surface area contributed by atoms with Gasteiger partial charge in [-0.1, -0.05) is 41.9 Å². The lowest BCUT2D eigenvalue weighted by molar-refractivity contribution is 0.0851. The number of aliphatic hydroxyl groups excluding tert-OH is 1. The number of rotatable bonds is 7. The largest absolute Gasteiger partial charge is 0.496 e. The van der Waals surface area contributed by atoms with Gasteiger partial charge in [-0.2, -0.15) is 0 Å². The van der Waals surface area contributed by atoms with E-state index in [-0.39, 0.29) is 5.91 Å². The van der Waals surface area contributed by atoms with Crippen LogP contribution >= 0.6 is 11.6 Å². The molecule has 29 heavy (non-hydrogen) atoms. The van der Waals surface area contributed by atoms with Crippen molar-refractivity contribution in [2.75, 3.05) is 39.0 Å². The van der Waals surface area contributed by atoms with Crippen LogP contribution in [0.5, 0.6) is 5.75 Å². The first-order chi connectivity index (χ1) is 14.0. The van der Waals surface area contributed by atoms with E-state index in [0.717, 1.165) is 31.5 Å². The van der Waals surface area contributed by atoms with E-state index in [9.17, 15) is 9.90 Å². The van der Waals surface area contributed by atoms with Crippen LogP contribution in [0.2, 0.25) is 5.02 Å². The van der Waals surface area contributed by atoms with E-state index in [1.54, 1.807) is 12.1 Å². The number of nitrogens with one attached hydrogen (secondary N) is 1. The Bertz CT molecular complexity index is 824. The molecule has 1 aliphatic rings. The van der Waals surface area contributed by atoms with Gasteiger partial charge in [0.2, 0.25) is 0 Å². The summed E-state index contributed by atoms with van der Waals surface area (Å²) in [5.74, 6) is 0.596. The van der Waals surface area contributed by atoms with Crippen LogP contribution in [-0.4, -0.2) is 49.2 Å². The van der Waals surface area contributed by atoms with Crippen molar-refractivity contribution in [3.63, 3.8) is 0 Å². The van der Waals surface area contributed by atoms with E-state index in [1.165, 1.54) is 7.11 Å². The first kappa shape index (κ1) is 21.4. The molecule has 6 nitrogen and oxygen atoms in total. The predicted octanol–water partition coefficient (Wildman–Crippen LogP) is 3.11. The van der Waals surface area contributed by atoms with Crippen LogP contribution in [0.4, 0.5) is 5.69 Å². The maximum Gasteiger partial charge on any atom is 0.255 e. The van der Waals surface area contributed by atoms with Crippen LogP contribution < -0.4 is 15.8 Å². The Morgan fingerprint density at radius 2 is 2.00 bits per heavy atom. The van der Waals surface area contributed by atoms with Crippen LogP contribution in [-0.2, 0) is 0 Å². The van der Waals surface area contributed by atoms with E-state index in [2.05, 4.69) is 10.2 Å². The van der Waals surface area contributed by atoms with Crippen molar-refractivity contribution in [1.82, 2.24) is 10.2 Å². The van der Waals surface area contributed by atoms with Crippen LogP contribution in [0.3, 0.4) is 0 Å². The van der Waals surface area contributed by atoms with Crippen molar-refractivity contribution >= 4 is 23.2 Å². The summed E-state index contributed by atoms with van der Waals surface area (Å²) < 4.78 is 5.25. The van der Waals surface area contributed by atoms with Gasteiger partial charge in [0.15, 0.2) is 0 Å². The Kier molecular flexibility index (Phi) is 7.36. The number of likely N-dealkylation sites (tertiary alicyclic amines) is 1. The smallest absolute Gasteiger partial charge is 0.255 e. The lowest BCUT2D eigenvalue weighted by Gasteiger charge is -2.33. The number of hydrogen-bond donors (Lipinski definition) is 3. The van der Waals surface area contributed by atoms with Crippen molar-refractivity contribution in [3.8, 4) is 5.75 Å². The topological polar surface area (TPSA) is 87.8 Å². The molecule has 2 aromatic carbocycles. The summed E-state index contributed by atoms with van der Waals surface area (Å²) in [5.41, 5.74) is 7.48. The molecule has 1 unspecified atom stereocenters. The number of amides is 1. The summed E-state index contributed by atoms with van der Waals surface area (Å²) in [4.78, 5) is 14.8. The third-order valence-corrected chi connectivity index (χ3v) is 5.76. The average Bonchev–Trinajstić information content (AvgIpc) is 2.75. The number of carbonyl (C=O) groups is 1. The minimum absolute atomic E-state index is 0.217. The molecular formula is C22H28ClN3O3. The summed E-state index contributed by atoms with van der Waals surface area (Å²) in [6, 6.07) is 12.8. The third-order valence-electron chi connectivity index (χ3n) is 5.44. The normalized spacial score (nSPS) is 16.4. The molecule has 0 spiro atoms. The molecule has 1 fully saturated rings. The highest BCUT2D eigenvalue weighted by atomic mass is 35.5. The first-order valence-corrected chi connectivity index (χ1v) is 10.2. The summed E-state index contributed by atoms with van der Waals surface area (Å²) in [7, 11) is 1.50. The number of benzene rings is 2. The van der Waals surface area contributed by atoms with Crippen molar-refractivity contribution in [3.05, 3.63) is 58.6 Å². The zero-order valence-corrected chi connectivity index (χ0v) is 17.4. The molecule has 1 heterocycles. The number of ether oxygens (including phenoxy) is 1. The summed E-state index contributed by atoms with van der Waals surface area (Å²) in [6.45, 7) is 3.03. The Morgan fingerprint density at radius 1 is 1.31 bits per heavy atom. The van der Waals surface area contributed by atoms with Gasteiger partial charge in [0.05, 0.1) is 29.5 Å². The Morgan fingerprint density at radius 3 is 2.66 bits per heavy atom. The molecule has 1 aliphatic heterocycles. The van der Waals surface area contributed by atoms with E-state index in [1.807, 2.05) is 30.3 Å². The van der Waals surface area contributed by atoms with Gasteiger partial charge in [0.25, 0.3) is 5.91 Å². The highest BCUT2D eigenvalue weighted by Crippen LogP contribution is 2.29. The molecule has 0 aliphatic carbocycles. The van der Waals surface area contributed by atoms with E-state index >= 15 is 0 Å². The molecule has 0 radical (unpaired) electrons. The second-order valence-electron chi connectivity index (χ2n) is 7.45. The van der Waals surface area contributed by atoms with Crippen molar-refractivity contribution in [2.45, 2.75) is 18.9 Å². The number of methoxy groups -OCH3 is 1. The van der Waals surface area contributed by atoms with Crippen LogP contribution in [0.1, 0.15) is 34.9 Å². The van der Waals surface area contributed by atoms with Gasteiger partial charge < -0.3 is 25.8 Å². The monoisotopic (exact) mass is 417 g/mol. The molecular weight excluding hydrogens is 390 g/mol. The van der Waals surface area contributed by atoms with Gasteiger partial charge in [-0.25, -0.2) is 0 Å². The highest BCUT2D eigenvalue weighted by molar-refractivity contribution is 6.33. The van der Waals surface area contributed by atoms with Gasteiger partial charge in [-0.15, -0.1) is 0 Å². The van der Waals surface area contributed by atoms with Gasteiger partial charge in [0, 0.05) is 19.2 Å². The molecule has 1 atom stereocenters. The first-order valence-electron chi connectivity index (χ1n) is 9.84.